The van der Waals surface area contributed by atoms with Gasteiger partial charge in [-0.3, -0.25) is 4.79 Å². The summed E-state index contributed by atoms with van der Waals surface area (Å²) in [5.41, 5.74) is 2.17. The highest BCUT2D eigenvalue weighted by molar-refractivity contribution is 9.10. The van der Waals surface area contributed by atoms with Gasteiger partial charge in [-0.15, -0.1) is 11.6 Å². The summed E-state index contributed by atoms with van der Waals surface area (Å²) in [7, 11) is 0. The zero-order valence-corrected chi connectivity index (χ0v) is 11.4. The van der Waals surface area contributed by atoms with Crippen LogP contribution < -0.4 is 5.32 Å². The van der Waals surface area contributed by atoms with Crippen LogP contribution in [-0.4, -0.2) is 11.8 Å². The Bertz CT molecular complexity index is 429. The fourth-order valence-corrected chi connectivity index (χ4v) is 2.59. The van der Waals surface area contributed by atoms with E-state index >= 15 is 0 Å². The van der Waals surface area contributed by atoms with E-state index in [2.05, 4.69) is 34.2 Å². The Morgan fingerprint density at radius 3 is 2.81 bits per heavy atom. The normalized spacial score (nSPS) is 16.9. The number of hydrogen-bond donors (Lipinski definition) is 1. The number of benzene rings is 1. The van der Waals surface area contributed by atoms with Crippen LogP contribution in [0.3, 0.4) is 0 Å². The SMILES string of the molecule is Cc1ccc(Br)c(C2(NC(=O)CCl)CC2)c1. The monoisotopic (exact) mass is 301 g/mol. The number of carbonyl (C=O) groups is 1. The summed E-state index contributed by atoms with van der Waals surface area (Å²) in [6.07, 6.45) is 1.97. The van der Waals surface area contributed by atoms with Gasteiger partial charge in [0, 0.05) is 4.47 Å². The Balaban J connectivity index is 2.29. The molecule has 0 aliphatic heterocycles. The Kier molecular flexibility index (Phi) is 3.27. The first-order valence-electron chi connectivity index (χ1n) is 5.21. The van der Waals surface area contributed by atoms with Gasteiger partial charge in [-0.1, -0.05) is 33.6 Å². The first-order chi connectivity index (χ1) is 7.57. The maximum absolute atomic E-state index is 11.4. The molecule has 1 N–H and O–H groups in total. The highest BCUT2D eigenvalue weighted by Crippen LogP contribution is 2.48. The predicted molar refractivity (Wildman–Crippen MR) is 68.7 cm³/mol. The van der Waals surface area contributed by atoms with Crippen molar-refractivity contribution in [3.63, 3.8) is 0 Å². The highest BCUT2D eigenvalue weighted by Gasteiger charge is 2.46. The van der Waals surface area contributed by atoms with Crippen molar-refractivity contribution >= 4 is 33.4 Å². The molecule has 86 valence electrons. The second-order valence-corrected chi connectivity index (χ2v) is 5.37. The molecule has 0 radical (unpaired) electrons. The number of rotatable bonds is 3. The van der Waals surface area contributed by atoms with Crippen LogP contribution in [0.15, 0.2) is 22.7 Å². The Labute approximate surface area is 108 Å². The summed E-state index contributed by atoms with van der Waals surface area (Å²) in [6, 6.07) is 6.19. The molecule has 0 aromatic heterocycles. The molecule has 0 bridgehead atoms. The van der Waals surface area contributed by atoms with Gasteiger partial charge in [-0.2, -0.15) is 0 Å². The molecule has 0 saturated heterocycles. The van der Waals surface area contributed by atoms with Crippen molar-refractivity contribution in [1.29, 1.82) is 0 Å². The lowest BCUT2D eigenvalue weighted by Gasteiger charge is -2.19. The third-order valence-corrected chi connectivity index (χ3v) is 3.82. The van der Waals surface area contributed by atoms with Gasteiger partial charge in [-0.05, 0) is 31.4 Å². The summed E-state index contributed by atoms with van der Waals surface area (Å²) in [6.45, 7) is 2.05. The third-order valence-electron chi connectivity index (χ3n) is 2.89. The van der Waals surface area contributed by atoms with Gasteiger partial charge in [-0.25, -0.2) is 0 Å². The van der Waals surface area contributed by atoms with Crippen LogP contribution >= 0.6 is 27.5 Å². The molecule has 0 unspecified atom stereocenters. The van der Waals surface area contributed by atoms with Crippen molar-refractivity contribution in [3.05, 3.63) is 33.8 Å². The standard InChI is InChI=1S/C12H13BrClNO/c1-8-2-3-10(13)9(6-8)12(4-5-12)15-11(16)7-14/h2-3,6H,4-5,7H2,1H3,(H,15,16). The number of aryl methyl sites for hydroxylation is 1. The zero-order valence-electron chi connectivity index (χ0n) is 9.02. The average molecular weight is 303 g/mol. The van der Waals surface area contributed by atoms with Gasteiger partial charge in [0.15, 0.2) is 0 Å². The molecular weight excluding hydrogens is 289 g/mol. The summed E-state index contributed by atoms with van der Waals surface area (Å²) < 4.78 is 1.05. The molecule has 1 aliphatic rings. The minimum absolute atomic E-state index is 0.0190. The number of amides is 1. The Morgan fingerprint density at radius 2 is 2.25 bits per heavy atom. The van der Waals surface area contributed by atoms with Crippen molar-refractivity contribution in [2.75, 3.05) is 5.88 Å². The maximum Gasteiger partial charge on any atom is 0.235 e. The largest absolute Gasteiger partial charge is 0.346 e. The first kappa shape index (κ1) is 11.9. The van der Waals surface area contributed by atoms with E-state index in [4.69, 9.17) is 11.6 Å². The second-order valence-electron chi connectivity index (χ2n) is 4.25. The van der Waals surface area contributed by atoms with Gasteiger partial charge in [0.2, 0.25) is 5.91 Å². The van der Waals surface area contributed by atoms with Crippen LogP contribution in [0.25, 0.3) is 0 Å². The van der Waals surface area contributed by atoms with Crippen molar-refractivity contribution < 1.29 is 4.79 Å². The van der Waals surface area contributed by atoms with Crippen LogP contribution in [0, 0.1) is 6.92 Å². The van der Waals surface area contributed by atoms with Crippen LogP contribution in [0.1, 0.15) is 24.0 Å². The second kappa shape index (κ2) is 4.38. The molecule has 1 fully saturated rings. The molecule has 1 aromatic rings. The summed E-state index contributed by atoms with van der Waals surface area (Å²) in [5.74, 6) is -0.0851. The van der Waals surface area contributed by atoms with Crippen molar-refractivity contribution in [1.82, 2.24) is 5.32 Å². The van der Waals surface area contributed by atoms with Crippen LogP contribution in [0.4, 0.5) is 0 Å². The molecule has 2 rings (SSSR count). The molecule has 16 heavy (non-hydrogen) atoms. The first-order valence-corrected chi connectivity index (χ1v) is 6.54. The van der Waals surface area contributed by atoms with Crippen molar-refractivity contribution in [2.24, 2.45) is 0 Å². The predicted octanol–water partition coefficient (Wildman–Crippen LogP) is 3.10. The lowest BCUT2D eigenvalue weighted by atomic mass is 10.0. The molecule has 2 nitrogen and oxygen atoms in total. The van der Waals surface area contributed by atoms with E-state index in [9.17, 15) is 4.79 Å². The molecule has 1 amide bonds. The van der Waals surface area contributed by atoms with Gasteiger partial charge in [0.05, 0.1) is 5.54 Å². The van der Waals surface area contributed by atoms with Gasteiger partial charge >= 0.3 is 0 Å². The molecular formula is C12H13BrClNO. The topological polar surface area (TPSA) is 29.1 Å². The number of halogens is 2. The third kappa shape index (κ3) is 2.25. The summed E-state index contributed by atoms with van der Waals surface area (Å²) >= 11 is 9.05. The van der Waals surface area contributed by atoms with Gasteiger partial charge in [0.25, 0.3) is 0 Å². The molecule has 0 heterocycles. The van der Waals surface area contributed by atoms with E-state index in [-0.39, 0.29) is 17.3 Å². The van der Waals surface area contributed by atoms with E-state index in [1.165, 1.54) is 5.56 Å². The van der Waals surface area contributed by atoms with E-state index in [0.717, 1.165) is 22.9 Å². The maximum atomic E-state index is 11.4. The molecule has 0 spiro atoms. The van der Waals surface area contributed by atoms with Gasteiger partial charge < -0.3 is 5.32 Å². The summed E-state index contributed by atoms with van der Waals surface area (Å²) in [4.78, 5) is 11.4. The zero-order chi connectivity index (χ0) is 11.8. The lowest BCUT2D eigenvalue weighted by Crippen LogP contribution is -2.35. The number of hydrogen-bond acceptors (Lipinski definition) is 1. The van der Waals surface area contributed by atoms with E-state index in [1.54, 1.807) is 0 Å². The minimum atomic E-state index is -0.184. The number of alkyl halides is 1. The quantitative estimate of drug-likeness (QED) is 0.854. The fraction of sp³-hybridized carbons (Fsp3) is 0.417. The van der Waals surface area contributed by atoms with Crippen molar-refractivity contribution in [3.8, 4) is 0 Å². The Morgan fingerprint density at radius 1 is 1.56 bits per heavy atom. The van der Waals surface area contributed by atoms with E-state index in [0.29, 0.717) is 0 Å². The van der Waals surface area contributed by atoms with E-state index in [1.807, 2.05) is 12.1 Å². The minimum Gasteiger partial charge on any atom is -0.346 e. The van der Waals surface area contributed by atoms with Gasteiger partial charge in [0.1, 0.15) is 5.88 Å². The van der Waals surface area contributed by atoms with Crippen LogP contribution in [0.2, 0.25) is 0 Å². The van der Waals surface area contributed by atoms with Crippen molar-refractivity contribution in [2.45, 2.75) is 25.3 Å². The molecule has 1 saturated carbocycles. The molecule has 1 aliphatic carbocycles. The highest BCUT2D eigenvalue weighted by atomic mass is 79.9. The average Bonchev–Trinajstić information content (AvgIpc) is 3.02. The van der Waals surface area contributed by atoms with E-state index < -0.39 is 0 Å². The molecule has 1 aromatic carbocycles. The fourth-order valence-electron chi connectivity index (χ4n) is 1.89. The summed E-state index contributed by atoms with van der Waals surface area (Å²) in [5, 5.41) is 3.00. The number of carbonyl (C=O) groups excluding carboxylic acids is 1. The Hall–Kier alpha value is -0.540. The smallest absolute Gasteiger partial charge is 0.235 e. The molecule has 4 heteroatoms. The molecule has 0 atom stereocenters. The van der Waals surface area contributed by atoms with Crippen LogP contribution in [0.5, 0.6) is 0 Å². The number of nitrogens with one attached hydrogen (secondary N) is 1. The van der Waals surface area contributed by atoms with Crippen LogP contribution in [-0.2, 0) is 10.3 Å². The lowest BCUT2D eigenvalue weighted by molar-refractivity contribution is -0.119.